The molecule has 3 rings (SSSR count). The Morgan fingerprint density at radius 3 is 2.24 bits per heavy atom. The molecule has 1 atom stereocenters. The molecule has 152 valence electrons. The van der Waals surface area contributed by atoms with E-state index in [4.69, 9.17) is 14.2 Å². The van der Waals surface area contributed by atoms with Gasteiger partial charge < -0.3 is 29.3 Å². The van der Waals surface area contributed by atoms with Crippen molar-refractivity contribution in [3.05, 3.63) is 72.3 Å². The fourth-order valence-corrected chi connectivity index (χ4v) is 3.04. The van der Waals surface area contributed by atoms with E-state index in [1.54, 1.807) is 44.2 Å². The van der Waals surface area contributed by atoms with E-state index in [1.807, 2.05) is 48.5 Å². The van der Waals surface area contributed by atoms with Crippen molar-refractivity contribution in [3.63, 3.8) is 0 Å². The summed E-state index contributed by atoms with van der Waals surface area (Å²) in [5.41, 5.74) is 1.37. The predicted molar refractivity (Wildman–Crippen MR) is 112 cm³/mol. The Balaban J connectivity index is 2.00. The SMILES string of the molecule is COc1ccc(OC)c(CN(c2cc(O)ccc2Oc2ccccc2)C(C)O)c1. The summed E-state index contributed by atoms with van der Waals surface area (Å²) in [5, 5.41) is 20.6. The first-order chi connectivity index (χ1) is 14.0. The summed E-state index contributed by atoms with van der Waals surface area (Å²) in [6, 6.07) is 19.6. The lowest BCUT2D eigenvalue weighted by Gasteiger charge is -2.30. The molecular weight excluding hydrogens is 370 g/mol. The number of aliphatic hydroxyl groups excluding tert-OH is 1. The zero-order chi connectivity index (χ0) is 20.8. The van der Waals surface area contributed by atoms with E-state index in [2.05, 4.69) is 0 Å². The predicted octanol–water partition coefficient (Wildman–Crippen LogP) is 4.55. The van der Waals surface area contributed by atoms with Crippen LogP contribution in [0, 0.1) is 0 Å². The monoisotopic (exact) mass is 395 g/mol. The van der Waals surface area contributed by atoms with Crippen molar-refractivity contribution in [2.45, 2.75) is 19.7 Å². The third-order valence-corrected chi connectivity index (χ3v) is 4.50. The molecule has 0 radical (unpaired) electrons. The van der Waals surface area contributed by atoms with Crippen LogP contribution in [-0.4, -0.2) is 30.7 Å². The summed E-state index contributed by atoms with van der Waals surface area (Å²) >= 11 is 0. The molecule has 6 nitrogen and oxygen atoms in total. The number of phenolic OH excluding ortho intramolecular Hbond substituents is 1. The summed E-state index contributed by atoms with van der Waals surface area (Å²) in [6.07, 6.45) is -0.856. The summed E-state index contributed by atoms with van der Waals surface area (Å²) in [5.74, 6) is 2.59. The lowest BCUT2D eigenvalue weighted by atomic mass is 10.1. The highest BCUT2D eigenvalue weighted by Gasteiger charge is 2.20. The lowest BCUT2D eigenvalue weighted by molar-refractivity contribution is 0.185. The minimum Gasteiger partial charge on any atom is -0.508 e. The Hall–Kier alpha value is -3.38. The van der Waals surface area contributed by atoms with Gasteiger partial charge in [-0.3, -0.25) is 0 Å². The van der Waals surface area contributed by atoms with E-state index in [0.29, 0.717) is 35.2 Å². The Labute approximate surface area is 170 Å². The molecule has 0 aromatic heterocycles. The fraction of sp³-hybridized carbons (Fsp3) is 0.217. The third kappa shape index (κ3) is 4.92. The molecule has 0 aliphatic rings. The molecule has 3 aromatic carbocycles. The van der Waals surface area contributed by atoms with Crippen LogP contribution < -0.4 is 19.1 Å². The Morgan fingerprint density at radius 2 is 1.59 bits per heavy atom. The molecule has 29 heavy (non-hydrogen) atoms. The Morgan fingerprint density at radius 1 is 0.862 bits per heavy atom. The zero-order valence-corrected chi connectivity index (χ0v) is 16.7. The third-order valence-electron chi connectivity index (χ3n) is 4.50. The second-order valence-electron chi connectivity index (χ2n) is 6.50. The van der Waals surface area contributed by atoms with Crippen LogP contribution in [0.2, 0.25) is 0 Å². The standard InChI is InChI=1S/C23H25NO5/c1-16(25)24(15-17-13-20(27-2)10-12-22(17)28-3)21-14-18(26)9-11-23(21)29-19-7-5-4-6-8-19/h4-14,16,25-26H,15H2,1-3H3. The van der Waals surface area contributed by atoms with Crippen molar-refractivity contribution in [1.82, 2.24) is 0 Å². The van der Waals surface area contributed by atoms with Gasteiger partial charge in [0.15, 0.2) is 5.75 Å². The van der Waals surface area contributed by atoms with E-state index < -0.39 is 6.23 Å². The van der Waals surface area contributed by atoms with E-state index in [1.165, 1.54) is 0 Å². The highest BCUT2D eigenvalue weighted by Crippen LogP contribution is 2.38. The Kier molecular flexibility index (Phi) is 6.46. The Bertz CT molecular complexity index is 943. The van der Waals surface area contributed by atoms with Gasteiger partial charge in [0.1, 0.15) is 29.2 Å². The minimum absolute atomic E-state index is 0.0728. The number of ether oxygens (including phenoxy) is 3. The summed E-state index contributed by atoms with van der Waals surface area (Å²) in [4.78, 5) is 1.72. The lowest BCUT2D eigenvalue weighted by Crippen LogP contribution is -2.32. The van der Waals surface area contributed by atoms with Gasteiger partial charge in [-0.25, -0.2) is 0 Å². The second kappa shape index (κ2) is 9.21. The molecule has 3 aromatic rings. The van der Waals surface area contributed by atoms with E-state index in [0.717, 1.165) is 5.56 Å². The number of hydrogen-bond donors (Lipinski definition) is 2. The molecule has 0 aliphatic heterocycles. The normalized spacial score (nSPS) is 11.6. The number of nitrogens with zero attached hydrogens (tertiary/aromatic N) is 1. The first kappa shape index (κ1) is 20.4. The van der Waals surface area contributed by atoms with Crippen LogP contribution in [0.4, 0.5) is 5.69 Å². The summed E-state index contributed by atoms with van der Waals surface area (Å²) in [6.45, 7) is 1.97. The summed E-state index contributed by atoms with van der Waals surface area (Å²) < 4.78 is 16.8. The topological polar surface area (TPSA) is 71.4 Å². The second-order valence-corrected chi connectivity index (χ2v) is 6.50. The van der Waals surface area contributed by atoms with Crippen molar-refractivity contribution in [1.29, 1.82) is 0 Å². The minimum atomic E-state index is -0.856. The van der Waals surface area contributed by atoms with Crippen LogP contribution in [0.3, 0.4) is 0 Å². The van der Waals surface area contributed by atoms with Gasteiger partial charge in [0, 0.05) is 18.2 Å². The highest BCUT2D eigenvalue weighted by molar-refractivity contribution is 5.63. The molecule has 0 spiro atoms. The van der Waals surface area contributed by atoms with Crippen molar-refractivity contribution in [2.24, 2.45) is 0 Å². The first-order valence-electron chi connectivity index (χ1n) is 9.23. The van der Waals surface area contributed by atoms with Gasteiger partial charge in [0.25, 0.3) is 0 Å². The van der Waals surface area contributed by atoms with Gasteiger partial charge in [-0.05, 0) is 49.4 Å². The van der Waals surface area contributed by atoms with Gasteiger partial charge in [0.2, 0.25) is 0 Å². The van der Waals surface area contributed by atoms with Crippen molar-refractivity contribution in [3.8, 4) is 28.7 Å². The van der Waals surface area contributed by atoms with Crippen molar-refractivity contribution >= 4 is 5.69 Å². The molecule has 0 saturated carbocycles. The van der Waals surface area contributed by atoms with Gasteiger partial charge in [0.05, 0.1) is 19.9 Å². The highest BCUT2D eigenvalue weighted by atomic mass is 16.5. The van der Waals surface area contributed by atoms with E-state index in [-0.39, 0.29) is 5.75 Å². The van der Waals surface area contributed by atoms with Crippen LogP contribution in [-0.2, 0) is 6.54 Å². The number of para-hydroxylation sites is 1. The van der Waals surface area contributed by atoms with Gasteiger partial charge in [-0.1, -0.05) is 18.2 Å². The molecule has 2 N–H and O–H groups in total. The molecule has 1 unspecified atom stereocenters. The molecule has 0 aliphatic carbocycles. The van der Waals surface area contributed by atoms with Crippen molar-refractivity contribution in [2.75, 3.05) is 19.1 Å². The fourth-order valence-electron chi connectivity index (χ4n) is 3.04. The number of phenols is 1. The molecule has 0 fully saturated rings. The number of hydrogen-bond acceptors (Lipinski definition) is 6. The van der Waals surface area contributed by atoms with Gasteiger partial charge in [-0.2, -0.15) is 0 Å². The van der Waals surface area contributed by atoms with Gasteiger partial charge in [-0.15, -0.1) is 0 Å². The smallest absolute Gasteiger partial charge is 0.151 e. The molecule has 6 heteroatoms. The number of rotatable bonds is 8. The van der Waals surface area contributed by atoms with E-state index in [9.17, 15) is 10.2 Å². The average molecular weight is 395 g/mol. The molecule has 0 amide bonds. The molecule has 0 heterocycles. The maximum absolute atomic E-state index is 10.5. The maximum Gasteiger partial charge on any atom is 0.151 e. The zero-order valence-electron chi connectivity index (χ0n) is 16.7. The van der Waals surface area contributed by atoms with Crippen LogP contribution in [0.25, 0.3) is 0 Å². The maximum atomic E-state index is 10.5. The number of methoxy groups -OCH3 is 2. The average Bonchev–Trinajstić information content (AvgIpc) is 2.73. The number of aromatic hydroxyl groups is 1. The first-order valence-corrected chi connectivity index (χ1v) is 9.23. The van der Waals surface area contributed by atoms with Crippen molar-refractivity contribution < 1.29 is 24.4 Å². The largest absolute Gasteiger partial charge is 0.508 e. The number of benzene rings is 3. The van der Waals surface area contributed by atoms with Crippen LogP contribution in [0.5, 0.6) is 28.7 Å². The summed E-state index contributed by atoms with van der Waals surface area (Å²) in [7, 11) is 3.19. The van der Waals surface area contributed by atoms with Gasteiger partial charge >= 0.3 is 0 Å². The van der Waals surface area contributed by atoms with Crippen LogP contribution >= 0.6 is 0 Å². The molecular formula is C23H25NO5. The quantitative estimate of drug-likeness (QED) is 0.546. The van der Waals surface area contributed by atoms with Crippen LogP contribution in [0.15, 0.2) is 66.7 Å². The number of aliphatic hydroxyl groups is 1. The van der Waals surface area contributed by atoms with E-state index >= 15 is 0 Å². The molecule has 0 saturated heterocycles. The van der Waals surface area contributed by atoms with Crippen LogP contribution in [0.1, 0.15) is 12.5 Å². The number of anilines is 1. The molecule has 0 bridgehead atoms.